The van der Waals surface area contributed by atoms with Gasteiger partial charge >= 0.3 is 12.1 Å². The third-order valence-electron chi connectivity index (χ3n) is 6.88. The second-order valence-corrected chi connectivity index (χ2v) is 12.3. The van der Waals surface area contributed by atoms with Crippen LogP contribution in [-0.4, -0.2) is 40.6 Å². The molecule has 0 unspecified atom stereocenters. The minimum Gasteiger partial charge on any atom is -0.481 e. The van der Waals surface area contributed by atoms with Gasteiger partial charge in [-0.1, -0.05) is 48.8 Å². The van der Waals surface area contributed by atoms with Crippen LogP contribution in [0.1, 0.15) is 68.8 Å². The van der Waals surface area contributed by atoms with E-state index in [-0.39, 0.29) is 30.3 Å². The number of carbonyl (C=O) groups is 3. The first-order chi connectivity index (χ1) is 17.4. The summed E-state index contributed by atoms with van der Waals surface area (Å²) >= 11 is 6.89. The van der Waals surface area contributed by atoms with Crippen molar-refractivity contribution < 1.29 is 24.2 Å². The lowest BCUT2D eigenvalue weighted by Crippen LogP contribution is -2.44. The molecule has 0 heterocycles. The lowest BCUT2D eigenvalue weighted by molar-refractivity contribution is -0.136. The van der Waals surface area contributed by atoms with Gasteiger partial charge in [0.2, 0.25) is 0 Å². The predicted octanol–water partition coefficient (Wildman–Crippen LogP) is 7.02. The topological polar surface area (TPSA) is 95.9 Å². The number of halogens is 2. The zero-order valence-corrected chi connectivity index (χ0v) is 24.6. The van der Waals surface area contributed by atoms with Crippen molar-refractivity contribution in [2.45, 2.75) is 65.5 Å². The Morgan fingerprint density at radius 3 is 2.24 bits per heavy atom. The van der Waals surface area contributed by atoms with Crippen molar-refractivity contribution in [3.8, 4) is 5.75 Å². The summed E-state index contributed by atoms with van der Waals surface area (Å²) in [4.78, 5) is 38.2. The number of carboxylic acid groups (broad SMARTS) is 1. The van der Waals surface area contributed by atoms with E-state index in [0.29, 0.717) is 28.2 Å². The van der Waals surface area contributed by atoms with Crippen LogP contribution in [0.3, 0.4) is 0 Å². The Morgan fingerprint density at radius 1 is 1.03 bits per heavy atom. The van der Waals surface area contributed by atoms with Gasteiger partial charge in [0, 0.05) is 29.2 Å². The average Bonchev–Trinajstić information content (AvgIpc) is 2.84. The number of nitrogens with one attached hydrogen (secondary N) is 1. The number of aliphatic carboxylic acids is 1. The fourth-order valence-corrected chi connectivity index (χ4v) is 5.78. The zero-order valence-electron chi connectivity index (χ0n) is 21.4. The highest BCUT2D eigenvalue weighted by molar-refractivity contribution is 9.11. The van der Waals surface area contributed by atoms with Crippen LogP contribution in [0.25, 0.3) is 0 Å². The van der Waals surface area contributed by atoms with Crippen molar-refractivity contribution in [1.82, 2.24) is 10.2 Å². The van der Waals surface area contributed by atoms with E-state index < -0.39 is 12.1 Å². The number of nitrogens with zero attached hydrogens (tertiary/aromatic N) is 1. The molecule has 37 heavy (non-hydrogen) atoms. The van der Waals surface area contributed by atoms with Crippen molar-refractivity contribution in [2.24, 2.45) is 11.3 Å². The molecule has 9 heteroatoms. The smallest absolute Gasteiger partial charge is 0.415 e. The summed E-state index contributed by atoms with van der Waals surface area (Å²) in [5, 5.41) is 11.3. The summed E-state index contributed by atoms with van der Waals surface area (Å²) in [5.74, 6) is -0.227. The van der Waals surface area contributed by atoms with Crippen LogP contribution in [0.15, 0.2) is 51.4 Å². The Morgan fingerprint density at radius 2 is 1.68 bits per heavy atom. The van der Waals surface area contributed by atoms with E-state index in [4.69, 9.17) is 9.84 Å². The number of benzene rings is 2. The van der Waals surface area contributed by atoms with Crippen LogP contribution < -0.4 is 10.1 Å². The maximum Gasteiger partial charge on any atom is 0.415 e. The summed E-state index contributed by atoms with van der Waals surface area (Å²) in [6, 6.07) is 12.5. The first-order valence-corrected chi connectivity index (χ1v) is 14.0. The monoisotopic (exact) mass is 636 g/mol. The Labute approximate surface area is 235 Å². The Bertz CT molecular complexity index is 1110. The van der Waals surface area contributed by atoms with E-state index in [9.17, 15) is 14.4 Å². The number of carbonyl (C=O) groups excluding carboxylic acids is 2. The number of carboxylic acids is 1. The van der Waals surface area contributed by atoms with Gasteiger partial charge in [-0.25, -0.2) is 4.79 Å². The Hall–Kier alpha value is -2.39. The minimum absolute atomic E-state index is 0.0549. The van der Waals surface area contributed by atoms with Gasteiger partial charge < -0.3 is 20.1 Å². The van der Waals surface area contributed by atoms with Crippen molar-refractivity contribution in [3.63, 3.8) is 0 Å². The van der Waals surface area contributed by atoms with Crippen LogP contribution in [0.2, 0.25) is 0 Å². The summed E-state index contributed by atoms with van der Waals surface area (Å²) in [7, 11) is 0. The third-order valence-corrected chi connectivity index (χ3v) is 7.99. The molecular formula is C28H34Br2N2O5. The van der Waals surface area contributed by atoms with Gasteiger partial charge in [-0.15, -0.1) is 0 Å². The number of ether oxygens (including phenoxy) is 1. The Kier molecular flexibility index (Phi) is 10.2. The first-order valence-electron chi connectivity index (χ1n) is 12.5. The SMILES string of the molecule is CC(C)(C)C1CCC(N(Cc2ccc(C(=O)NCCC(=O)O)cc2)C(=O)Oc2ccc(Br)cc2Br)CC1. The lowest BCUT2D eigenvalue weighted by atomic mass is 9.71. The van der Waals surface area contributed by atoms with E-state index in [1.807, 2.05) is 24.3 Å². The van der Waals surface area contributed by atoms with Crippen LogP contribution in [0.4, 0.5) is 4.79 Å². The Balaban J connectivity index is 1.74. The molecule has 1 aliphatic carbocycles. The highest BCUT2D eigenvalue weighted by Gasteiger charge is 2.34. The quantitative estimate of drug-likeness (QED) is 0.324. The van der Waals surface area contributed by atoms with Crippen molar-refractivity contribution >= 4 is 49.8 Å². The molecule has 0 aliphatic heterocycles. The van der Waals surface area contributed by atoms with Crippen LogP contribution in [0.5, 0.6) is 5.75 Å². The summed E-state index contributed by atoms with van der Waals surface area (Å²) in [5.41, 5.74) is 1.55. The molecular weight excluding hydrogens is 604 g/mol. The highest BCUT2D eigenvalue weighted by Crippen LogP contribution is 2.39. The second kappa shape index (κ2) is 12.9. The van der Waals surface area contributed by atoms with E-state index in [1.54, 1.807) is 23.1 Å². The van der Waals surface area contributed by atoms with Crippen LogP contribution in [-0.2, 0) is 11.3 Å². The zero-order chi connectivity index (χ0) is 27.2. The fourth-order valence-electron chi connectivity index (χ4n) is 4.65. The molecule has 0 saturated heterocycles. The largest absolute Gasteiger partial charge is 0.481 e. The first kappa shape index (κ1) is 29.2. The molecule has 1 fully saturated rings. The number of hydrogen-bond acceptors (Lipinski definition) is 4. The second-order valence-electron chi connectivity index (χ2n) is 10.5. The summed E-state index contributed by atoms with van der Waals surface area (Å²) in [6.07, 6.45) is 3.38. The van der Waals surface area contributed by atoms with Gasteiger partial charge in [0.05, 0.1) is 10.9 Å². The molecule has 0 atom stereocenters. The van der Waals surface area contributed by atoms with E-state index in [0.717, 1.165) is 35.7 Å². The van der Waals surface area contributed by atoms with E-state index >= 15 is 0 Å². The number of amides is 2. The van der Waals surface area contributed by atoms with Crippen LogP contribution in [0, 0.1) is 11.3 Å². The molecule has 7 nitrogen and oxygen atoms in total. The van der Waals surface area contributed by atoms with E-state index in [1.165, 1.54) is 0 Å². The maximum atomic E-state index is 13.4. The molecule has 1 saturated carbocycles. The molecule has 2 N–H and O–H groups in total. The molecule has 0 bridgehead atoms. The van der Waals surface area contributed by atoms with Gasteiger partial charge in [-0.3, -0.25) is 9.59 Å². The lowest BCUT2D eigenvalue weighted by Gasteiger charge is -2.40. The van der Waals surface area contributed by atoms with Crippen LogP contribution >= 0.6 is 31.9 Å². The van der Waals surface area contributed by atoms with Gasteiger partial charge in [0.15, 0.2) is 0 Å². The fraction of sp³-hybridized carbons (Fsp3) is 0.464. The third kappa shape index (κ3) is 8.57. The molecule has 2 aromatic rings. The predicted molar refractivity (Wildman–Crippen MR) is 150 cm³/mol. The molecule has 0 aromatic heterocycles. The normalized spacial score (nSPS) is 17.6. The molecule has 200 valence electrons. The van der Waals surface area contributed by atoms with Gasteiger partial charge in [0.1, 0.15) is 5.75 Å². The molecule has 0 radical (unpaired) electrons. The van der Waals surface area contributed by atoms with Gasteiger partial charge in [0.25, 0.3) is 5.91 Å². The molecule has 2 aromatic carbocycles. The molecule has 2 amide bonds. The van der Waals surface area contributed by atoms with Crippen molar-refractivity contribution in [3.05, 3.63) is 62.5 Å². The molecule has 3 rings (SSSR count). The number of hydrogen-bond donors (Lipinski definition) is 2. The highest BCUT2D eigenvalue weighted by atomic mass is 79.9. The number of rotatable bonds is 8. The average molecular weight is 638 g/mol. The summed E-state index contributed by atoms with van der Waals surface area (Å²) in [6.45, 7) is 7.24. The van der Waals surface area contributed by atoms with Gasteiger partial charge in [-0.2, -0.15) is 0 Å². The van der Waals surface area contributed by atoms with Crippen molar-refractivity contribution in [2.75, 3.05) is 6.54 Å². The molecule has 1 aliphatic rings. The van der Waals surface area contributed by atoms with E-state index in [2.05, 4.69) is 57.9 Å². The summed E-state index contributed by atoms with van der Waals surface area (Å²) < 4.78 is 7.38. The minimum atomic E-state index is -0.964. The standard InChI is InChI=1S/C28H34Br2N2O5/c1-28(2,3)20-8-11-22(12-9-20)32(27(36)37-24-13-10-21(29)16-23(24)30)17-18-4-6-19(7-5-18)26(35)31-15-14-25(33)34/h4-7,10,13,16,20,22H,8-9,11-12,14-15,17H2,1-3H3,(H,31,35)(H,33,34). The van der Waals surface area contributed by atoms with Gasteiger partial charge in [-0.05, 0) is 88.8 Å². The maximum absolute atomic E-state index is 13.4. The van der Waals surface area contributed by atoms with Crippen molar-refractivity contribution in [1.29, 1.82) is 0 Å². The molecule has 0 spiro atoms.